The van der Waals surface area contributed by atoms with E-state index in [1.54, 1.807) is 39.7 Å². The van der Waals surface area contributed by atoms with Crippen LogP contribution in [0.2, 0.25) is 0 Å². The highest BCUT2D eigenvalue weighted by atomic mass is 32.2. The normalized spacial score (nSPS) is 10.9. The van der Waals surface area contributed by atoms with Crippen molar-refractivity contribution in [3.8, 4) is 34.3 Å². The van der Waals surface area contributed by atoms with Gasteiger partial charge in [0, 0.05) is 11.3 Å². The first-order valence-electron chi connectivity index (χ1n) is 11.4. The van der Waals surface area contributed by atoms with Gasteiger partial charge in [-0.05, 0) is 67.1 Å². The standard InChI is InChI=1S/C27H27N5O4S/c1-18-5-10-21(11-6-18)32-26(20-8-12-22(34-2)13-9-20)30-31-27(32)37-17-25(33)29-28-16-19-7-14-23(35-3)24(15-19)36-4/h5-16H,17H2,1-4H3,(H,29,33)/b28-16+. The molecule has 0 bridgehead atoms. The molecule has 1 aromatic heterocycles. The number of carbonyl (C=O) groups is 1. The molecule has 1 heterocycles. The van der Waals surface area contributed by atoms with Crippen LogP contribution in [0.5, 0.6) is 17.2 Å². The molecule has 10 heteroatoms. The van der Waals surface area contributed by atoms with E-state index in [0.717, 1.165) is 28.1 Å². The molecule has 0 saturated carbocycles. The van der Waals surface area contributed by atoms with Crippen LogP contribution in [0.1, 0.15) is 11.1 Å². The van der Waals surface area contributed by atoms with Gasteiger partial charge < -0.3 is 14.2 Å². The quantitative estimate of drug-likeness (QED) is 0.188. The lowest BCUT2D eigenvalue weighted by Crippen LogP contribution is -2.20. The zero-order valence-corrected chi connectivity index (χ0v) is 21.8. The molecule has 0 aliphatic rings. The minimum atomic E-state index is -0.272. The first-order valence-corrected chi connectivity index (χ1v) is 12.3. The zero-order chi connectivity index (χ0) is 26.2. The summed E-state index contributed by atoms with van der Waals surface area (Å²) in [5.74, 6) is 2.45. The topological polar surface area (TPSA) is 99.9 Å². The van der Waals surface area contributed by atoms with Crippen molar-refractivity contribution >= 4 is 23.9 Å². The second-order valence-electron chi connectivity index (χ2n) is 7.90. The second-order valence-corrected chi connectivity index (χ2v) is 8.84. The molecule has 190 valence electrons. The van der Waals surface area contributed by atoms with E-state index in [2.05, 4.69) is 20.7 Å². The van der Waals surface area contributed by atoms with Crippen LogP contribution in [-0.2, 0) is 4.79 Å². The van der Waals surface area contributed by atoms with Gasteiger partial charge in [-0.1, -0.05) is 29.5 Å². The Morgan fingerprint density at radius 2 is 1.68 bits per heavy atom. The van der Waals surface area contributed by atoms with E-state index < -0.39 is 0 Å². The van der Waals surface area contributed by atoms with Crippen molar-refractivity contribution in [2.75, 3.05) is 27.1 Å². The summed E-state index contributed by atoms with van der Waals surface area (Å²) in [6.45, 7) is 2.03. The van der Waals surface area contributed by atoms with E-state index in [1.165, 1.54) is 11.8 Å². The molecule has 0 aliphatic carbocycles. The van der Waals surface area contributed by atoms with E-state index in [-0.39, 0.29) is 11.7 Å². The molecule has 0 aliphatic heterocycles. The Hall–Kier alpha value is -4.31. The average molecular weight is 518 g/mol. The van der Waals surface area contributed by atoms with Crippen molar-refractivity contribution in [2.24, 2.45) is 5.10 Å². The number of hydrogen-bond acceptors (Lipinski definition) is 8. The van der Waals surface area contributed by atoms with Crippen LogP contribution in [0.3, 0.4) is 0 Å². The number of nitrogens with one attached hydrogen (secondary N) is 1. The lowest BCUT2D eigenvalue weighted by Gasteiger charge is -2.11. The SMILES string of the molecule is COc1ccc(-c2nnc(SCC(=O)N/N=C/c3ccc(OC)c(OC)c3)n2-c2ccc(C)cc2)cc1. The van der Waals surface area contributed by atoms with Gasteiger partial charge in [0.1, 0.15) is 5.75 Å². The molecule has 4 rings (SSSR count). The van der Waals surface area contributed by atoms with E-state index >= 15 is 0 Å². The van der Waals surface area contributed by atoms with Crippen LogP contribution in [0.15, 0.2) is 77.0 Å². The number of amides is 1. The highest BCUT2D eigenvalue weighted by molar-refractivity contribution is 7.99. The van der Waals surface area contributed by atoms with Crippen LogP contribution in [0, 0.1) is 6.92 Å². The Morgan fingerprint density at radius 1 is 0.946 bits per heavy atom. The van der Waals surface area contributed by atoms with Gasteiger partial charge in [0.15, 0.2) is 22.5 Å². The van der Waals surface area contributed by atoms with Crippen LogP contribution >= 0.6 is 11.8 Å². The number of benzene rings is 3. The fourth-order valence-electron chi connectivity index (χ4n) is 3.49. The predicted molar refractivity (Wildman–Crippen MR) is 144 cm³/mol. The number of carbonyl (C=O) groups excluding carboxylic acids is 1. The summed E-state index contributed by atoms with van der Waals surface area (Å²) in [4.78, 5) is 12.5. The van der Waals surface area contributed by atoms with Crippen molar-refractivity contribution in [3.63, 3.8) is 0 Å². The lowest BCUT2D eigenvalue weighted by molar-refractivity contribution is -0.118. The fraction of sp³-hybridized carbons (Fsp3) is 0.185. The number of ether oxygens (including phenoxy) is 3. The Bertz CT molecular complexity index is 1390. The third kappa shape index (κ3) is 6.28. The van der Waals surface area contributed by atoms with E-state index in [9.17, 15) is 4.79 Å². The molecular weight excluding hydrogens is 490 g/mol. The van der Waals surface area contributed by atoms with Gasteiger partial charge in [-0.3, -0.25) is 9.36 Å². The number of hydrazone groups is 1. The maximum Gasteiger partial charge on any atom is 0.250 e. The van der Waals surface area contributed by atoms with Gasteiger partial charge in [0.2, 0.25) is 0 Å². The number of hydrogen-bond donors (Lipinski definition) is 1. The number of aryl methyl sites for hydroxylation is 1. The number of rotatable bonds is 10. The van der Waals surface area contributed by atoms with E-state index in [1.807, 2.05) is 66.1 Å². The fourth-order valence-corrected chi connectivity index (χ4v) is 4.24. The van der Waals surface area contributed by atoms with Gasteiger partial charge in [-0.15, -0.1) is 10.2 Å². The Labute approximate surface area is 219 Å². The summed E-state index contributed by atoms with van der Waals surface area (Å²) in [6.07, 6.45) is 1.54. The predicted octanol–water partition coefficient (Wildman–Crippen LogP) is 4.51. The monoisotopic (exact) mass is 517 g/mol. The van der Waals surface area contributed by atoms with Gasteiger partial charge in [0.25, 0.3) is 5.91 Å². The van der Waals surface area contributed by atoms with Crippen molar-refractivity contribution in [2.45, 2.75) is 12.1 Å². The van der Waals surface area contributed by atoms with E-state index in [0.29, 0.717) is 22.5 Å². The highest BCUT2D eigenvalue weighted by Gasteiger charge is 2.17. The molecule has 1 N–H and O–H groups in total. The lowest BCUT2D eigenvalue weighted by atomic mass is 10.2. The summed E-state index contributed by atoms with van der Waals surface area (Å²) < 4.78 is 17.7. The van der Waals surface area contributed by atoms with Gasteiger partial charge in [-0.2, -0.15) is 5.10 Å². The maximum absolute atomic E-state index is 12.5. The first-order chi connectivity index (χ1) is 18.0. The molecule has 1 amide bonds. The molecule has 0 spiro atoms. The first kappa shape index (κ1) is 25.8. The molecule has 0 radical (unpaired) electrons. The van der Waals surface area contributed by atoms with Crippen LogP contribution in [0.25, 0.3) is 17.1 Å². The van der Waals surface area contributed by atoms with Crippen LogP contribution in [0.4, 0.5) is 0 Å². The molecular formula is C27H27N5O4S. The van der Waals surface area contributed by atoms with Crippen molar-refractivity contribution in [1.29, 1.82) is 0 Å². The Morgan fingerprint density at radius 3 is 2.35 bits per heavy atom. The van der Waals surface area contributed by atoms with Gasteiger partial charge >= 0.3 is 0 Å². The molecule has 0 atom stereocenters. The largest absolute Gasteiger partial charge is 0.497 e. The molecule has 0 unspecified atom stereocenters. The summed E-state index contributed by atoms with van der Waals surface area (Å²) in [5, 5.41) is 13.4. The maximum atomic E-state index is 12.5. The minimum absolute atomic E-state index is 0.107. The van der Waals surface area contributed by atoms with Crippen molar-refractivity contribution in [3.05, 3.63) is 77.9 Å². The molecule has 0 fully saturated rings. The number of nitrogens with zero attached hydrogens (tertiary/aromatic N) is 4. The third-order valence-corrected chi connectivity index (χ3v) is 6.35. The minimum Gasteiger partial charge on any atom is -0.497 e. The molecule has 9 nitrogen and oxygen atoms in total. The third-order valence-electron chi connectivity index (χ3n) is 5.42. The number of thioether (sulfide) groups is 1. The summed E-state index contributed by atoms with van der Waals surface area (Å²) in [7, 11) is 4.76. The average Bonchev–Trinajstić information content (AvgIpc) is 3.36. The summed E-state index contributed by atoms with van der Waals surface area (Å²) in [6, 6.07) is 21.0. The number of methoxy groups -OCH3 is 3. The van der Waals surface area contributed by atoms with Crippen molar-refractivity contribution in [1.82, 2.24) is 20.2 Å². The molecule has 3 aromatic carbocycles. The Balaban J connectivity index is 1.48. The highest BCUT2D eigenvalue weighted by Crippen LogP contribution is 2.29. The smallest absolute Gasteiger partial charge is 0.250 e. The second kappa shape index (κ2) is 12.1. The van der Waals surface area contributed by atoms with Crippen molar-refractivity contribution < 1.29 is 19.0 Å². The molecule has 0 saturated heterocycles. The van der Waals surface area contributed by atoms with Crippen LogP contribution < -0.4 is 19.6 Å². The van der Waals surface area contributed by atoms with E-state index in [4.69, 9.17) is 14.2 Å². The number of aromatic nitrogens is 3. The summed E-state index contributed by atoms with van der Waals surface area (Å²) in [5.41, 5.74) is 6.23. The summed E-state index contributed by atoms with van der Waals surface area (Å²) >= 11 is 1.28. The van der Waals surface area contributed by atoms with Gasteiger partial charge in [-0.25, -0.2) is 5.43 Å². The molecule has 4 aromatic rings. The molecule has 37 heavy (non-hydrogen) atoms. The Kier molecular flexibility index (Phi) is 8.42. The van der Waals surface area contributed by atoms with Gasteiger partial charge in [0.05, 0.1) is 33.3 Å². The zero-order valence-electron chi connectivity index (χ0n) is 21.0. The van der Waals surface area contributed by atoms with Crippen LogP contribution in [-0.4, -0.2) is 54.0 Å².